The first kappa shape index (κ1) is 18.3. The van der Waals surface area contributed by atoms with Crippen molar-refractivity contribution in [2.45, 2.75) is 32.2 Å². The predicted molar refractivity (Wildman–Crippen MR) is 104 cm³/mol. The summed E-state index contributed by atoms with van der Waals surface area (Å²) in [7, 11) is 1.89. The van der Waals surface area contributed by atoms with Crippen LogP contribution in [0.2, 0.25) is 0 Å². The Morgan fingerprint density at radius 1 is 1.29 bits per heavy atom. The number of piperidine rings is 1. The van der Waals surface area contributed by atoms with Crippen LogP contribution < -0.4 is 0 Å². The van der Waals surface area contributed by atoms with E-state index in [0.717, 1.165) is 55.7 Å². The number of pyridine rings is 1. The van der Waals surface area contributed by atoms with Gasteiger partial charge in [-0.3, -0.25) is 19.1 Å². The Bertz CT molecular complexity index is 918. The van der Waals surface area contributed by atoms with Crippen LogP contribution in [0.1, 0.15) is 24.8 Å². The maximum atomic E-state index is 12.6. The molecule has 0 spiro atoms. The molecule has 1 aliphatic rings. The van der Waals surface area contributed by atoms with Gasteiger partial charge in [0.15, 0.2) is 0 Å². The third-order valence-corrected chi connectivity index (χ3v) is 5.20. The molecule has 0 unspecified atom stereocenters. The summed E-state index contributed by atoms with van der Waals surface area (Å²) in [6.07, 6.45) is 12.7. The van der Waals surface area contributed by atoms with Crippen LogP contribution in [0.5, 0.6) is 0 Å². The molecule has 0 aromatic carbocycles. The fourth-order valence-corrected chi connectivity index (χ4v) is 3.75. The maximum absolute atomic E-state index is 12.6. The zero-order valence-corrected chi connectivity index (χ0v) is 16.1. The molecular weight excluding hydrogens is 354 g/mol. The lowest BCUT2D eigenvalue weighted by Gasteiger charge is -2.32. The Morgan fingerprint density at radius 2 is 2.21 bits per heavy atom. The fourth-order valence-electron chi connectivity index (χ4n) is 3.75. The highest BCUT2D eigenvalue weighted by Crippen LogP contribution is 2.20. The summed E-state index contributed by atoms with van der Waals surface area (Å²) < 4.78 is 3.66. The second-order valence-corrected chi connectivity index (χ2v) is 7.44. The van der Waals surface area contributed by atoms with Crippen molar-refractivity contribution in [3.63, 3.8) is 0 Å². The molecule has 1 aliphatic heterocycles. The van der Waals surface area contributed by atoms with E-state index in [0.29, 0.717) is 12.3 Å². The first-order chi connectivity index (χ1) is 13.7. The summed E-state index contributed by atoms with van der Waals surface area (Å²) in [5.41, 5.74) is 2.90. The van der Waals surface area contributed by atoms with Crippen LogP contribution in [0.25, 0.3) is 11.3 Å². The Hall–Kier alpha value is -3.03. The third kappa shape index (κ3) is 4.44. The highest BCUT2D eigenvalue weighted by molar-refractivity contribution is 5.76. The summed E-state index contributed by atoms with van der Waals surface area (Å²) in [5.74, 6) is 0.628. The van der Waals surface area contributed by atoms with Gasteiger partial charge >= 0.3 is 0 Å². The van der Waals surface area contributed by atoms with E-state index >= 15 is 0 Å². The monoisotopic (exact) mass is 379 g/mol. The van der Waals surface area contributed by atoms with E-state index in [4.69, 9.17) is 0 Å². The number of carbonyl (C=O) groups excluding carboxylic acids is 1. The molecule has 1 amide bonds. The maximum Gasteiger partial charge on any atom is 0.222 e. The van der Waals surface area contributed by atoms with Gasteiger partial charge in [-0.15, -0.1) is 5.10 Å². The lowest BCUT2D eigenvalue weighted by molar-refractivity contribution is -0.133. The van der Waals surface area contributed by atoms with Gasteiger partial charge in [0.25, 0.3) is 0 Å². The van der Waals surface area contributed by atoms with E-state index in [2.05, 4.69) is 20.4 Å². The van der Waals surface area contributed by atoms with Gasteiger partial charge in [-0.05, 0) is 42.9 Å². The molecule has 8 nitrogen and oxygen atoms in total. The number of rotatable bonds is 6. The van der Waals surface area contributed by atoms with Gasteiger partial charge in [0.2, 0.25) is 5.91 Å². The van der Waals surface area contributed by atoms with E-state index in [1.165, 1.54) is 0 Å². The van der Waals surface area contributed by atoms with Crippen molar-refractivity contribution in [3.05, 3.63) is 48.7 Å². The Balaban J connectivity index is 1.31. The predicted octanol–water partition coefficient (Wildman–Crippen LogP) is 1.95. The zero-order chi connectivity index (χ0) is 19.3. The van der Waals surface area contributed by atoms with Crippen LogP contribution in [-0.2, 0) is 24.8 Å². The molecule has 3 aromatic heterocycles. The van der Waals surface area contributed by atoms with Crippen LogP contribution in [0.15, 0.2) is 43.1 Å². The lowest BCUT2D eigenvalue weighted by Crippen LogP contribution is -2.41. The van der Waals surface area contributed by atoms with Crippen molar-refractivity contribution >= 4 is 5.91 Å². The zero-order valence-electron chi connectivity index (χ0n) is 16.1. The second kappa shape index (κ2) is 8.33. The number of hydrogen-bond acceptors (Lipinski definition) is 5. The molecule has 1 fully saturated rings. The molecule has 28 heavy (non-hydrogen) atoms. The van der Waals surface area contributed by atoms with Crippen molar-refractivity contribution in [2.75, 3.05) is 13.1 Å². The molecule has 1 atom stereocenters. The first-order valence-corrected chi connectivity index (χ1v) is 9.73. The van der Waals surface area contributed by atoms with Crippen LogP contribution in [0.4, 0.5) is 0 Å². The van der Waals surface area contributed by atoms with E-state index in [1.807, 2.05) is 47.4 Å². The minimum atomic E-state index is 0.225. The molecule has 4 heterocycles. The highest BCUT2D eigenvalue weighted by atomic mass is 16.2. The second-order valence-electron chi connectivity index (χ2n) is 7.44. The molecular formula is C20H25N7O. The summed E-state index contributed by atoms with van der Waals surface area (Å²) in [6, 6.07) is 3.87. The van der Waals surface area contributed by atoms with Gasteiger partial charge < -0.3 is 4.90 Å². The summed E-state index contributed by atoms with van der Waals surface area (Å²) in [4.78, 5) is 18.8. The molecule has 0 saturated carbocycles. The average molecular weight is 379 g/mol. The number of aryl methyl sites for hydroxylation is 2. The largest absolute Gasteiger partial charge is 0.342 e. The van der Waals surface area contributed by atoms with E-state index in [-0.39, 0.29) is 5.91 Å². The molecule has 3 aromatic rings. The molecule has 8 heteroatoms. The Morgan fingerprint density at radius 3 is 3.00 bits per heavy atom. The van der Waals surface area contributed by atoms with Gasteiger partial charge in [-0.1, -0.05) is 5.21 Å². The van der Waals surface area contributed by atoms with Gasteiger partial charge in [-0.25, -0.2) is 0 Å². The quantitative estimate of drug-likeness (QED) is 0.654. The number of aromatic nitrogens is 6. The Labute approximate surface area is 164 Å². The van der Waals surface area contributed by atoms with Crippen molar-refractivity contribution in [3.8, 4) is 11.3 Å². The average Bonchev–Trinajstić information content (AvgIpc) is 3.36. The van der Waals surface area contributed by atoms with Crippen molar-refractivity contribution in [1.82, 2.24) is 34.7 Å². The Kier molecular flexibility index (Phi) is 5.45. The van der Waals surface area contributed by atoms with E-state index in [1.54, 1.807) is 17.1 Å². The van der Waals surface area contributed by atoms with Crippen molar-refractivity contribution in [2.24, 2.45) is 13.0 Å². The van der Waals surface area contributed by atoms with E-state index in [9.17, 15) is 4.79 Å². The molecule has 0 aliphatic carbocycles. The normalized spacial score (nSPS) is 17.0. The van der Waals surface area contributed by atoms with E-state index < -0.39 is 0 Å². The topological polar surface area (TPSA) is 81.7 Å². The smallest absolute Gasteiger partial charge is 0.222 e. The van der Waals surface area contributed by atoms with Crippen LogP contribution in [0.3, 0.4) is 0 Å². The van der Waals surface area contributed by atoms with Gasteiger partial charge in [0.1, 0.15) is 5.69 Å². The van der Waals surface area contributed by atoms with Crippen LogP contribution in [0, 0.1) is 5.92 Å². The van der Waals surface area contributed by atoms with Crippen LogP contribution in [-0.4, -0.2) is 53.7 Å². The molecule has 146 valence electrons. The number of amides is 1. The summed E-state index contributed by atoms with van der Waals surface area (Å²) in [5, 5.41) is 12.7. The molecule has 1 saturated heterocycles. The number of likely N-dealkylation sites (tertiary alicyclic amines) is 1. The first-order valence-electron chi connectivity index (χ1n) is 9.73. The molecule has 4 rings (SSSR count). The van der Waals surface area contributed by atoms with Gasteiger partial charge in [0, 0.05) is 57.3 Å². The van der Waals surface area contributed by atoms with Gasteiger partial charge in [-0.2, -0.15) is 5.10 Å². The number of carbonyl (C=O) groups is 1. The minimum Gasteiger partial charge on any atom is -0.342 e. The summed E-state index contributed by atoms with van der Waals surface area (Å²) >= 11 is 0. The lowest BCUT2D eigenvalue weighted by atomic mass is 9.97. The standard InChI is InChI=1S/C20H25N7O/c1-25-12-16(10-22-25)6-7-20(28)26-9-3-4-17(13-26)14-27-15-19(23-24-27)18-5-2-8-21-11-18/h2,5,8,10-12,15,17H,3-4,6-7,9,13-14H2,1H3/t17-/m0/s1. The van der Waals surface area contributed by atoms with Crippen molar-refractivity contribution < 1.29 is 4.79 Å². The number of hydrogen-bond donors (Lipinski definition) is 0. The molecule has 0 N–H and O–H groups in total. The van der Waals surface area contributed by atoms with Crippen LogP contribution >= 0.6 is 0 Å². The number of nitrogens with zero attached hydrogens (tertiary/aromatic N) is 7. The molecule has 0 radical (unpaired) electrons. The third-order valence-electron chi connectivity index (χ3n) is 5.20. The molecule has 0 bridgehead atoms. The highest BCUT2D eigenvalue weighted by Gasteiger charge is 2.24. The SMILES string of the molecule is Cn1cc(CCC(=O)N2CCC[C@H](Cn3cc(-c4cccnc4)nn3)C2)cn1. The summed E-state index contributed by atoms with van der Waals surface area (Å²) in [6.45, 7) is 2.41. The van der Waals surface area contributed by atoms with Crippen molar-refractivity contribution in [1.29, 1.82) is 0 Å². The van der Waals surface area contributed by atoms with Gasteiger partial charge in [0.05, 0.1) is 12.4 Å². The fraction of sp³-hybridized carbons (Fsp3) is 0.450. The minimum absolute atomic E-state index is 0.225.